The standard InChI is InChI=1S/C20H28F3NO3/c1-3-4-5-6-7-8-9-14-27-19(26)15(2)24-18(25)16-10-12-17(13-11-16)20(21,22)23/h10-13,15H,3-9,14H2,1-2H3,(H,24,25). The number of rotatable bonds is 11. The molecule has 0 saturated heterocycles. The van der Waals surface area contributed by atoms with Gasteiger partial charge >= 0.3 is 12.1 Å². The van der Waals surface area contributed by atoms with Gasteiger partial charge in [-0.15, -0.1) is 0 Å². The van der Waals surface area contributed by atoms with E-state index in [1.165, 1.54) is 32.6 Å². The molecule has 1 amide bonds. The highest BCUT2D eigenvalue weighted by atomic mass is 19.4. The maximum Gasteiger partial charge on any atom is 0.416 e. The van der Waals surface area contributed by atoms with Gasteiger partial charge in [0.25, 0.3) is 5.91 Å². The van der Waals surface area contributed by atoms with Crippen molar-refractivity contribution in [1.29, 1.82) is 0 Å². The van der Waals surface area contributed by atoms with Gasteiger partial charge in [0, 0.05) is 5.56 Å². The highest BCUT2D eigenvalue weighted by Gasteiger charge is 2.30. The first kappa shape index (κ1) is 23.0. The molecule has 1 aromatic carbocycles. The third-order valence-corrected chi connectivity index (χ3v) is 4.17. The van der Waals surface area contributed by atoms with Crippen LogP contribution in [0.4, 0.5) is 13.2 Å². The fraction of sp³-hybridized carbons (Fsp3) is 0.600. The predicted octanol–water partition coefficient (Wildman–Crippen LogP) is 5.12. The van der Waals surface area contributed by atoms with Crippen LogP contribution in [0.5, 0.6) is 0 Å². The van der Waals surface area contributed by atoms with Crippen molar-refractivity contribution in [1.82, 2.24) is 5.32 Å². The molecule has 0 aromatic heterocycles. The summed E-state index contributed by atoms with van der Waals surface area (Å²) in [6.45, 7) is 3.94. The predicted molar refractivity (Wildman–Crippen MR) is 97.3 cm³/mol. The van der Waals surface area contributed by atoms with Crippen molar-refractivity contribution in [2.45, 2.75) is 71.0 Å². The Kier molecular flexibility index (Phi) is 9.89. The van der Waals surface area contributed by atoms with E-state index in [-0.39, 0.29) is 5.56 Å². The highest BCUT2D eigenvalue weighted by Crippen LogP contribution is 2.29. The Morgan fingerprint density at radius 2 is 1.56 bits per heavy atom. The van der Waals surface area contributed by atoms with Crippen LogP contribution in [-0.4, -0.2) is 24.5 Å². The summed E-state index contributed by atoms with van der Waals surface area (Å²) in [5.41, 5.74) is -0.782. The van der Waals surface area contributed by atoms with Crippen LogP contribution in [0, 0.1) is 0 Å². The molecule has 0 spiro atoms. The van der Waals surface area contributed by atoms with Gasteiger partial charge < -0.3 is 10.1 Å². The fourth-order valence-electron chi connectivity index (χ4n) is 2.51. The van der Waals surface area contributed by atoms with Gasteiger partial charge in [0.15, 0.2) is 0 Å². The number of ether oxygens (including phenoxy) is 1. The Morgan fingerprint density at radius 3 is 2.11 bits per heavy atom. The number of amides is 1. The third kappa shape index (κ3) is 8.93. The molecule has 0 fully saturated rings. The van der Waals surface area contributed by atoms with Crippen LogP contribution in [0.1, 0.15) is 74.7 Å². The van der Waals surface area contributed by atoms with E-state index in [4.69, 9.17) is 4.74 Å². The topological polar surface area (TPSA) is 55.4 Å². The maximum atomic E-state index is 12.5. The van der Waals surface area contributed by atoms with Crippen molar-refractivity contribution in [3.8, 4) is 0 Å². The van der Waals surface area contributed by atoms with Crippen LogP contribution < -0.4 is 5.32 Å². The smallest absolute Gasteiger partial charge is 0.416 e. The molecule has 1 atom stereocenters. The largest absolute Gasteiger partial charge is 0.464 e. The molecule has 152 valence electrons. The van der Waals surface area contributed by atoms with E-state index in [9.17, 15) is 22.8 Å². The quantitative estimate of drug-likeness (QED) is 0.424. The summed E-state index contributed by atoms with van der Waals surface area (Å²) in [6.07, 6.45) is 3.27. The number of halogens is 3. The number of hydrogen-bond acceptors (Lipinski definition) is 3. The van der Waals surface area contributed by atoms with Gasteiger partial charge in [-0.25, -0.2) is 4.79 Å². The van der Waals surface area contributed by atoms with E-state index in [0.29, 0.717) is 6.61 Å². The second kappa shape index (κ2) is 11.6. The van der Waals surface area contributed by atoms with Crippen LogP contribution in [0.15, 0.2) is 24.3 Å². The molecule has 0 saturated carbocycles. The molecule has 1 rings (SSSR count). The number of benzene rings is 1. The molecular weight excluding hydrogens is 359 g/mol. The lowest BCUT2D eigenvalue weighted by molar-refractivity contribution is -0.145. The van der Waals surface area contributed by atoms with Crippen molar-refractivity contribution in [2.75, 3.05) is 6.61 Å². The minimum Gasteiger partial charge on any atom is -0.464 e. The third-order valence-electron chi connectivity index (χ3n) is 4.17. The first-order chi connectivity index (χ1) is 12.8. The van der Waals surface area contributed by atoms with Crippen LogP contribution in [0.25, 0.3) is 0 Å². The minimum absolute atomic E-state index is 0.0507. The number of unbranched alkanes of at least 4 members (excludes halogenated alkanes) is 6. The van der Waals surface area contributed by atoms with Crippen LogP contribution in [-0.2, 0) is 15.7 Å². The highest BCUT2D eigenvalue weighted by molar-refractivity contribution is 5.96. The average molecular weight is 387 g/mol. The number of nitrogens with one attached hydrogen (secondary N) is 1. The van der Waals surface area contributed by atoms with Crippen molar-refractivity contribution >= 4 is 11.9 Å². The zero-order valence-electron chi connectivity index (χ0n) is 15.9. The lowest BCUT2D eigenvalue weighted by atomic mass is 10.1. The van der Waals surface area contributed by atoms with Gasteiger partial charge in [-0.3, -0.25) is 4.79 Å². The SMILES string of the molecule is CCCCCCCCCOC(=O)C(C)NC(=O)c1ccc(C(F)(F)F)cc1. The maximum absolute atomic E-state index is 12.5. The zero-order valence-corrected chi connectivity index (χ0v) is 15.9. The molecule has 0 aliphatic rings. The molecule has 1 aromatic rings. The van der Waals surface area contributed by atoms with Crippen molar-refractivity contribution in [2.24, 2.45) is 0 Å². The first-order valence-electron chi connectivity index (χ1n) is 9.40. The van der Waals surface area contributed by atoms with Crippen molar-refractivity contribution < 1.29 is 27.5 Å². The summed E-state index contributed by atoms with van der Waals surface area (Å²) in [7, 11) is 0. The van der Waals surface area contributed by atoms with Gasteiger partial charge in [-0.05, 0) is 37.6 Å². The number of carbonyl (C=O) groups excluding carboxylic acids is 2. The van der Waals surface area contributed by atoms with Crippen molar-refractivity contribution in [3.05, 3.63) is 35.4 Å². The van der Waals surface area contributed by atoms with E-state index in [1.54, 1.807) is 0 Å². The van der Waals surface area contributed by atoms with Gasteiger partial charge in [0.05, 0.1) is 12.2 Å². The van der Waals surface area contributed by atoms with Crippen LogP contribution >= 0.6 is 0 Å². The molecule has 1 unspecified atom stereocenters. The Hall–Kier alpha value is -2.05. The van der Waals surface area contributed by atoms with E-state index < -0.39 is 29.7 Å². The zero-order chi connectivity index (χ0) is 20.3. The molecular formula is C20H28F3NO3. The molecule has 0 heterocycles. The first-order valence-corrected chi connectivity index (χ1v) is 9.40. The van der Waals surface area contributed by atoms with E-state index >= 15 is 0 Å². The Morgan fingerprint density at radius 1 is 1.00 bits per heavy atom. The molecule has 1 N–H and O–H groups in total. The summed E-state index contributed by atoms with van der Waals surface area (Å²) in [4.78, 5) is 23.9. The Balaban J connectivity index is 2.30. The number of carbonyl (C=O) groups is 2. The molecule has 0 radical (unpaired) electrons. The van der Waals surface area contributed by atoms with E-state index in [0.717, 1.165) is 43.5 Å². The summed E-state index contributed by atoms with van der Waals surface area (Å²) < 4.78 is 42.7. The molecule has 4 nitrogen and oxygen atoms in total. The summed E-state index contributed by atoms with van der Waals surface area (Å²) in [6, 6.07) is 2.95. The monoisotopic (exact) mass is 387 g/mol. The molecule has 0 aliphatic heterocycles. The Bertz CT molecular complexity index is 585. The number of alkyl halides is 3. The van der Waals surface area contributed by atoms with Gasteiger partial charge in [0.2, 0.25) is 0 Å². The lowest BCUT2D eigenvalue weighted by Crippen LogP contribution is -2.39. The van der Waals surface area contributed by atoms with Gasteiger partial charge in [0.1, 0.15) is 6.04 Å². The normalized spacial score (nSPS) is 12.5. The van der Waals surface area contributed by atoms with E-state index in [1.807, 2.05) is 0 Å². The van der Waals surface area contributed by atoms with Crippen LogP contribution in [0.2, 0.25) is 0 Å². The minimum atomic E-state index is -4.46. The second-order valence-electron chi connectivity index (χ2n) is 6.56. The molecule has 0 aliphatic carbocycles. The fourth-order valence-corrected chi connectivity index (χ4v) is 2.51. The molecule has 0 bridgehead atoms. The lowest BCUT2D eigenvalue weighted by Gasteiger charge is -2.14. The van der Waals surface area contributed by atoms with Gasteiger partial charge in [-0.1, -0.05) is 45.4 Å². The van der Waals surface area contributed by atoms with E-state index in [2.05, 4.69) is 12.2 Å². The molecule has 7 heteroatoms. The summed E-state index contributed by atoms with van der Waals surface area (Å²) in [5, 5.41) is 2.43. The molecule has 27 heavy (non-hydrogen) atoms. The summed E-state index contributed by atoms with van der Waals surface area (Å²) >= 11 is 0. The average Bonchev–Trinajstić information content (AvgIpc) is 2.63. The van der Waals surface area contributed by atoms with Crippen molar-refractivity contribution in [3.63, 3.8) is 0 Å². The number of hydrogen-bond donors (Lipinski definition) is 1. The summed E-state index contributed by atoms with van der Waals surface area (Å²) in [5.74, 6) is -1.18. The van der Waals surface area contributed by atoms with Crippen LogP contribution in [0.3, 0.4) is 0 Å². The Labute approximate surface area is 158 Å². The number of esters is 1. The second-order valence-corrected chi connectivity index (χ2v) is 6.56. The van der Waals surface area contributed by atoms with Gasteiger partial charge in [-0.2, -0.15) is 13.2 Å².